The Morgan fingerprint density at radius 2 is 2.00 bits per heavy atom. The molecule has 0 bridgehead atoms. The third-order valence-electron chi connectivity index (χ3n) is 2.42. The first-order valence-electron chi connectivity index (χ1n) is 5.69. The number of nitro benzene ring substituents is 1. The van der Waals surface area contributed by atoms with Crippen molar-refractivity contribution in [2.75, 3.05) is 12.4 Å². The average molecular weight is 271 g/mol. The predicted octanol–water partition coefficient (Wildman–Crippen LogP) is 2.27. The smallest absolute Gasteiger partial charge is 0.269 e. The van der Waals surface area contributed by atoms with Crippen molar-refractivity contribution < 1.29 is 9.72 Å². The third kappa shape index (κ3) is 5.14. The van der Waals surface area contributed by atoms with Crippen LogP contribution in [0.2, 0.25) is 0 Å². The van der Waals surface area contributed by atoms with E-state index in [0.29, 0.717) is 31.7 Å². The van der Waals surface area contributed by atoms with Crippen molar-refractivity contribution in [2.45, 2.75) is 19.3 Å². The van der Waals surface area contributed by atoms with E-state index in [4.69, 9.17) is 11.6 Å². The molecule has 0 atom stereocenters. The Morgan fingerprint density at radius 1 is 1.33 bits per heavy atom. The van der Waals surface area contributed by atoms with Gasteiger partial charge in [-0.3, -0.25) is 14.9 Å². The number of non-ortho nitro benzene ring substituents is 1. The molecular formula is C12H15ClN2O3. The minimum Gasteiger partial charge on any atom is -0.356 e. The largest absolute Gasteiger partial charge is 0.356 e. The molecule has 0 heterocycles. The second-order valence-electron chi connectivity index (χ2n) is 3.82. The van der Waals surface area contributed by atoms with Crippen LogP contribution in [0.1, 0.15) is 18.4 Å². The molecule has 0 aliphatic rings. The number of amides is 1. The molecule has 0 saturated heterocycles. The van der Waals surface area contributed by atoms with Gasteiger partial charge in [-0.2, -0.15) is 0 Å². The summed E-state index contributed by atoms with van der Waals surface area (Å²) in [4.78, 5) is 21.3. The van der Waals surface area contributed by atoms with Crippen molar-refractivity contribution in [3.8, 4) is 0 Å². The molecule has 1 aromatic carbocycles. The Bertz CT molecular complexity index is 406. The van der Waals surface area contributed by atoms with Gasteiger partial charge in [0.25, 0.3) is 5.69 Å². The van der Waals surface area contributed by atoms with Gasteiger partial charge in [-0.15, -0.1) is 11.6 Å². The fourth-order valence-electron chi connectivity index (χ4n) is 1.45. The van der Waals surface area contributed by atoms with E-state index >= 15 is 0 Å². The number of benzene rings is 1. The first-order valence-corrected chi connectivity index (χ1v) is 6.23. The monoisotopic (exact) mass is 270 g/mol. The molecule has 6 heteroatoms. The number of carbonyl (C=O) groups excluding carboxylic acids is 1. The first-order chi connectivity index (χ1) is 8.63. The molecule has 0 aromatic heterocycles. The molecule has 0 aliphatic heterocycles. The van der Waals surface area contributed by atoms with Gasteiger partial charge < -0.3 is 5.32 Å². The molecule has 0 radical (unpaired) electrons. The van der Waals surface area contributed by atoms with Crippen LogP contribution < -0.4 is 5.32 Å². The number of alkyl halides is 1. The van der Waals surface area contributed by atoms with E-state index in [0.717, 1.165) is 5.56 Å². The van der Waals surface area contributed by atoms with Gasteiger partial charge in [0.05, 0.1) is 4.92 Å². The zero-order chi connectivity index (χ0) is 13.4. The van der Waals surface area contributed by atoms with Crippen molar-refractivity contribution >= 4 is 23.2 Å². The second-order valence-corrected chi connectivity index (χ2v) is 4.19. The topological polar surface area (TPSA) is 72.2 Å². The highest BCUT2D eigenvalue weighted by molar-refractivity contribution is 6.17. The molecule has 0 fully saturated rings. The zero-order valence-corrected chi connectivity index (χ0v) is 10.7. The molecule has 0 saturated carbocycles. The highest BCUT2D eigenvalue weighted by Gasteiger charge is 2.04. The van der Waals surface area contributed by atoms with Crippen molar-refractivity contribution in [2.24, 2.45) is 0 Å². The van der Waals surface area contributed by atoms with Crippen molar-refractivity contribution in [1.82, 2.24) is 5.32 Å². The SMILES string of the molecule is O=C(CCCCl)NCCc1ccc([N+](=O)[O-])cc1. The summed E-state index contributed by atoms with van der Waals surface area (Å²) in [6.07, 6.45) is 1.76. The lowest BCUT2D eigenvalue weighted by molar-refractivity contribution is -0.384. The number of hydrogen-bond donors (Lipinski definition) is 1. The van der Waals surface area contributed by atoms with Crippen LogP contribution in [0.15, 0.2) is 24.3 Å². The van der Waals surface area contributed by atoms with Crippen LogP contribution in [0.25, 0.3) is 0 Å². The van der Waals surface area contributed by atoms with E-state index in [2.05, 4.69) is 5.32 Å². The van der Waals surface area contributed by atoms with Crippen LogP contribution in [-0.4, -0.2) is 23.3 Å². The van der Waals surface area contributed by atoms with Crippen LogP contribution >= 0.6 is 11.6 Å². The van der Waals surface area contributed by atoms with E-state index in [1.807, 2.05) is 0 Å². The summed E-state index contributed by atoms with van der Waals surface area (Å²) in [5, 5.41) is 13.2. The van der Waals surface area contributed by atoms with E-state index in [1.165, 1.54) is 12.1 Å². The van der Waals surface area contributed by atoms with Gasteiger partial charge in [0.2, 0.25) is 5.91 Å². The highest BCUT2D eigenvalue weighted by atomic mass is 35.5. The van der Waals surface area contributed by atoms with Gasteiger partial charge in [-0.05, 0) is 18.4 Å². The number of nitro groups is 1. The summed E-state index contributed by atoms with van der Waals surface area (Å²) in [5.41, 5.74) is 1.03. The summed E-state index contributed by atoms with van der Waals surface area (Å²) in [6.45, 7) is 0.527. The quantitative estimate of drug-likeness (QED) is 0.469. The van der Waals surface area contributed by atoms with Crippen LogP contribution in [0, 0.1) is 10.1 Å². The Labute approximate surface area is 110 Å². The fraction of sp³-hybridized carbons (Fsp3) is 0.417. The first kappa shape index (κ1) is 14.4. The van der Waals surface area contributed by atoms with Gasteiger partial charge in [0.15, 0.2) is 0 Å². The van der Waals surface area contributed by atoms with E-state index in [9.17, 15) is 14.9 Å². The molecule has 1 rings (SSSR count). The molecule has 5 nitrogen and oxygen atoms in total. The van der Waals surface area contributed by atoms with Crippen molar-refractivity contribution in [3.63, 3.8) is 0 Å². The summed E-state index contributed by atoms with van der Waals surface area (Å²) in [7, 11) is 0. The van der Waals surface area contributed by atoms with E-state index < -0.39 is 4.92 Å². The minimum atomic E-state index is -0.433. The Hall–Kier alpha value is -1.62. The van der Waals surface area contributed by atoms with Crippen LogP contribution in [0.4, 0.5) is 5.69 Å². The molecule has 1 amide bonds. The molecule has 18 heavy (non-hydrogen) atoms. The van der Waals surface area contributed by atoms with E-state index in [1.54, 1.807) is 12.1 Å². The molecule has 0 unspecified atom stereocenters. The number of hydrogen-bond acceptors (Lipinski definition) is 3. The minimum absolute atomic E-state index is 0.0161. The maximum atomic E-state index is 11.3. The Kier molecular flexibility index (Phi) is 6.14. The van der Waals surface area contributed by atoms with Gasteiger partial charge in [0, 0.05) is 31.0 Å². The van der Waals surface area contributed by atoms with Crippen molar-refractivity contribution in [1.29, 1.82) is 0 Å². The van der Waals surface area contributed by atoms with Crippen LogP contribution in [0.5, 0.6) is 0 Å². The molecule has 1 aromatic rings. The Balaban J connectivity index is 2.31. The molecular weight excluding hydrogens is 256 g/mol. The number of nitrogens with zero attached hydrogens (tertiary/aromatic N) is 1. The fourth-order valence-corrected chi connectivity index (χ4v) is 1.58. The predicted molar refractivity (Wildman–Crippen MR) is 69.8 cm³/mol. The summed E-state index contributed by atoms with van der Waals surface area (Å²) < 4.78 is 0. The number of halogens is 1. The molecule has 1 N–H and O–H groups in total. The summed E-state index contributed by atoms with van der Waals surface area (Å²) >= 11 is 5.48. The van der Waals surface area contributed by atoms with Crippen LogP contribution in [-0.2, 0) is 11.2 Å². The maximum Gasteiger partial charge on any atom is 0.269 e. The lowest BCUT2D eigenvalue weighted by atomic mass is 10.1. The highest BCUT2D eigenvalue weighted by Crippen LogP contribution is 2.11. The Morgan fingerprint density at radius 3 is 2.56 bits per heavy atom. The average Bonchev–Trinajstić information content (AvgIpc) is 2.37. The zero-order valence-electron chi connectivity index (χ0n) is 9.89. The lowest BCUT2D eigenvalue weighted by Crippen LogP contribution is -2.25. The van der Waals surface area contributed by atoms with Gasteiger partial charge >= 0.3 is 0 Å². The summed E-state index contributed by atoms with van der Waals surface area (Å²) in [6, 6.07) is 6.32. The number of rotatable bonds is 7. The van der Waals surface area contributed by atoms with Crippen LogP contribution in [0.3, 0.4) is 0 Å². The maximum absolute atomic E-state index is 11.3. The van der Waals surface area contributed by atoms with E-state index in [-0.39, 0.29) is 11.6 Å². The normalized spacial score (nSPS) is 10.1. The van der Waals surface area contributed by atoms with Gasteiger partial charge in [0.1, 0.15) is 0 Å². The standard InChI is InChI=1S/C12H15ClN2O3/c13-8-1-2-12(16)14-9-7-10-3-5-11(6-4-10)15(17)18/h3-6H,1-2,7-9H2,(H,14,16). The third-order valence-corrected chi connectivity index (χ3v) is 2.69. The molecule has 0 aliphatic carbocycles. The lowest BCUT2D eigenvalue weighted by Gasteiger charge is -2.04. The summed E-state index contributed by atoms with van der Waals surface area (Å²) in [5.74, 6) is 0.466. The number of carbonyl (C=O) groups is 1. The number of nitrogens with one attached hydrogen (secondary N) is 1. The van der Waals surface area contributed by atoms with Crippen molar-refractivity contribution in [3.05, 3.63) is 39.9 Å². The van der Waals surface area contributed by atoms with Gasteiger partial charge in [-0.1, -0.05) is 12.1 Å². The molecule has 98 valence electrons. The van der Waals surface area contributed by atoms with Gasteiger partial charge in [-0.25, -0.2) is 0 Å². The second kappa shape index (κ2) is 7.66. The molecule has 0 spiro atoms.